The number of hydrogen-bond donors (Lipinski definition) is 1. The van der Waals surface area contributed by atoms with Gasteiger partial charge < -0.3 is 5.32 Å². The van der Waals surface area contributed by atoms with E-state index >= 15 is 0 Å². The molecular weight excluding hydrogens is 136 g/mol. The smallest absolute Gasteiger partial charge is 0.0642 e. The lowest BCUT2D eigenvalue weighted by atomic mass is 10.0. The lowest BCUT2D eigenvalue weighted by molar-refractivity contribution is 0.456. The zero-order chi connectivity index (χ0) is 8.69. The Kier molecular flexibility index (Phi) is 6.13. The Bertz CT molecular complexity index is 102. The lowest BCUT2D eigenvalue weighted by Crippen LogP contribution is -2.33. The molecule has 2 heteroatoms. The van der Waals surface area contributed by atoms with E-state index in [0.29, 0.717) is 12.1 Å². The fourth-order valence-corrected chi connectivity index (χ4v) is 1.11. The molecule has 2 atom stereocenters. The first kappa shape index (κ1) is 10.6. The third kappa shape index (κ3) is 4.14. The van der Waals surface area contributed by atoms with Crippen LogP contribution in [0.4, 0.5) is 0 Å². The summed E-state index contributed by atoms with van der Waals surface area (Å²) in [5.74, 6) is 0. The lowest BCUT2D eigenvalue weighted by Gasteiger charge is -2.18. The molecule has 0 aliphatic rings. The summed E-state index contributed by atoms with van der Waals surface area (Å²) < 4.78 is 0. The second-order valence-corrected chi connectivity index (χ2v) is 2.97. The van der Waals surface area contributed by atoms with Crippen LogP contribution in [0, 0.1) is 0 Å². The standard InChI is InChI=1S/C9H20N2/c1-5-6-7-9(11-4)8(2)10-3/h8-10H,4-7H2,1-3H3/t8-,9?/m0/s1. The highest BCUT2D eigenvalue weighted by Gasteiger charge is 2.11. The second-order valence-electron chi connectivity index (χ2n) is 2.97. The molecule has 0 radical (unpaired) electrons. The van der Waals surface area contributed by atoms with E-state index in [1.54, 1.807) is 0 Å². The molecule has 0 heterocycles. The van der Waals surface area contributed by atoms with Crippen molar-refractivity contribution >= 4 is 6.72 Å². The van der Waals surface area contributed by atoms with E-state index in [1.807, 2.05) is 7.05 Å². The molecule has 1 unspecified atom stereocenters. The quantitative estimate of drug-likeness (QED) is 0.583. The van der Waals surface area contributed by atoms with Crippen LogP contribution in [0.3, 0.4) is 0 Å². The summed E-state index contributed by atoms with van der Waals surface area (Å²) in [5.41, 5.74) is 0. The van der Waals surface area contributed by atoms with Gasteiger partial charge in [-0.1, -0.05) is 19.8 Å². The van der Waals surface area contributed by atoms with Gasteiger partial charge in [0.1, 0.15) is 0 Å². The highest BCUT2D eigenvalue weighted by atomic mass is 14.9. The summed E-state index contributed by atoms with van der Waals surface area (Å²) in [4.78, 5) is 4.08. The van der Waals surface area contributed by atoms with Crippen molar-refractivity contribution in [1.29, 1.82) is 0 Å². The summed E-state index contributed by atoms with van der Waals surface area (Å²) in [6.07, 6.45) is 3.64. The predicted octanol–water partition coefficient (Wildman–Crippen LogP) is 1.85. The molecule has 0 saturated carbocycles. The SMILES string of the molecule is C=NC(CCCC)[C@H](C)NC. The van der Waals surface area contributed by atoms with Crippen molar-refractivity contribution in [2.75, 3.05) is 7.05 Å². The molecule has 0 rings (SSSR count). The van der Waals surface area contributed by atoms with E-state index in [-0.39, 0.29) is 0 Å². The number of rotatable bonds is 6. The Morgan fingerprint density at radius 1 is 1.55 bits per heavy atom. The van der Waals surface area contributed by atoms with E-state index in [1.165, 1.54) is 12.8 Å². The maximum absolute atomic E-state index is 4.08. The molecule has 2 nitrogen and oxygen atoms in total. The third-order valence-corrected chi connectivity index (χ3v) is 2.12. The Morgan fingerprint density at radius 3 is 2.55 bits per heavy atom. The van der Waals surface area contributed by atoms with Crippen molar-refractivity contribution in [2.45, 2.75) is 45.2 Å². The monoisotopic (exact) mass is 156 g/mol. The van der Waals surface area contributed by atoms with E-state index in [2.05, 4.69) is 30.9 Å². The molecule has 11 heavy (non-hydrogen) atoms. The fourth-order valence-electron chi connectivity index (χ4n) is 1.11. The Labute approximate surface area is 70.1 Å². The van der Waals surface area contributed by atoms with Crippen LogP contribution in [0.1, 0.15) is 33.1 Å². The highest BCUT2D eigenvalue weighted by molar-refractivity contribution is 5.24. The summed E-state index contributed by atoms with van der Waals surface area (Å²) in [6, 6.07) is 0.846. The van der Waals surface area contributed by atoms with Gasteiger partial charge in [-0.2, -0.15) is 0 Å². The zero-order valence-corrected chi connectivity index (χ0v) is 7.93. The molecule has 0 aromatic heterocycles. The van der Waals surface area contributed by atoms with Gasteiger partial charge in [-0.25, -0.2) is 0 Å². The van der Waals surface area contributed by atoms with Gasteiger partial charge in [0.25, 0.3) is 0 Å². The van der Waals surface area contributed by atoms with E-state index in [4.69, 9.17) is 0 Å². The fraction of sp³-hybridized carbons (Fsp3) is 0.889. The summed E-state index contributed by atoms with van der Waals surface area (Å²) in [7, 11) is 1.97. The van der Waals surface area contributed by atoms with Crippen LogP contribution >= 0.6 is 0 Å². The first-order valence-corrected chi connectivity index (χ1v) is 4.39. The molecule has 66 valence electrons. The Morgan fingerprint density at radius 2 is 2.18 bits per heavy atom. The van der Waals surface area contributed by atoms with Crippen molar-refractivity contribution in [2.24, 2.45) is 4.99 Å². The van der Waals surface area contributed by atoms with Crippen molar-refractivity contribution in [1.82, 2.24) is 5.32 Å². The number of aliphatic imine (C=N–C) groups is 1. The summed E-state index contributed by atoms with van der Waals surface area (Å²) in [6.45, 7) is 7.94. The predicted molar refractivity (Wildman–Crippen MR) is 51.4 cm³/mol. The molecule has 0 amide bonds. The average Bonchev–Trinajstić information content (AvgIpc) is 2.05. The topological polar surface area (TPSA) is 24.4 Å². The maximum atomic E-state index is 4.08. The van der Waals surface area contributed by atoms with Crippen molar-refractivity contribution in [3.8, 4) is 0 Å². The van der Waals surface area contributed by atoms with E-state index in [0.717, 1.165) is 6.42 Å². The number of nitrogens with one attached hydrogen (secondary N) is 1. The van der Waals surface area contributed by atoms with Gasteiger partial charge in [0, 0.05) is 6.04 Å². The van der Waals surface area contributed by atoms with Gasteiger partial charge in [-0.3, -0.25) is 4.99 Å². The third-order valence-electron chi connectivity index (χ3n) is 2.12. The highest BCUT2D eigenvalue weighted by Crippen LogP contribution is 2.07. The first-order chi connectivity index (χ1) is 5.26. The molecule has 0 saturated heterocycles. The molecule has 0 bridgehead atoms. The number of nitrogens with zero attached hydrogens (tertiary/aromatic N) is 1. The molecule has 0 aromatic carbocycles. The van der Waals surface area contributed by atoms with Gasteiger partial charge in [0.15, 0.2) is 0 Å². The number of unbranched alkanes of at least 4 members (excludes halogenated alkanes) is 1. The average molecular weight is 156 g/mol. The number of likely N-dealkylation sites (N-methyl/N-ethyl adjacent to an activating group) is 1. The zero-order valence-electron chi connectivity index (χ0n) is 7.93. The van der Waals surface area contributed by atoms with Crippen LogP contribution in [-0.4, -0.2) is 25.8 Å². The van der Waals surface area contributed by atoms with Gasteiger partial charge in [-0.05, 0) is 27.1 Å². The van der Waals surface area contributed by atoms with Crippen LogP contribution in [0.15, 0.2) is 4.99 Å². The molecular formula is C9H20N2. The van der Waals surface area contributed by atoms with Crippen LogP contribution in [0.5, 0.6) is 0 Å². The molecule has 0 aliphatic carbocycles. The molecule has 0 fully saturated rings. The maximum Gasteiger partial charge on any atom is 0.0642 e. The van der Waals surface area contributed by atoms with Crippen molar-refractivity contribution in [3.05, 3.63) is 0 Å². The first-order valence-electron chi connectivity index (χ1n) is 4.39. The number of hydrogen-bond acceptors (Lipinski definition) is 2. The summed E-state index contributed by atoms with van der Waals surface area (Å²) in [5, 5.41) is 3.19. The Hall–Kier alpha value is -0.370. The second kappa shape index (κ2) is 6.35. The van der Waals surface area contributed by atoms with Crippen molar-refractivity contribution < 1.29 is 0 Å². The van der Waals surface area contributed by atoms with Crippen molar-refractivity contribution in [3.63, 3.8) is 0 Å². The minimum Gasteiger partial charge on any atom is -0.315 e. The molecule has 1 N–H and O–H groups in total. The minimum atomic E-state index is 0.389. The van der Waals surface area contributed by atoms with Crippen LogP contribution < -0.4 is 5.32 Å². The van der Waals surface area contributed by atoms with Gasteiger partial charge in [0.2, 0.25) is 0 Å². The molecule has 0 spiro atoms. The summed E-state index contributed by atoms with van der Waals surface area (Å²) >= 11 is 0. The van der Waals surface area contributed by atoms with Gasteiger partial charge >= 0.3 is 0 Å². The Balaban J connectivity index is 3.65. The van der Waals surface area contributed by atoms with Crippen LogP contribution in [-0.2, 0) is 0 Å². The van der Waals surface area contributed by atoms with Gasteiger partial charge in [0.05, 0.1) is 6.04 Å². The van der Waals surface area contributed by atoms with E-state index in [9.17, 15) is 0 Å². The molecule has 0 aliphatic heterocycles. The molecule has 0 aromatic rings. The van der Waals surface area contributed by atoms with Gasteiger partial charge in [-0.15, -0.1) is 0 Å². The largest absolute Gasteiger partial charge is 0.315 e. The normalized spacial score (nSPS) is 15.9. The minimum absolute atomic E-state index is 0.389. The van der Waals surface area contributed by atoms with E-state index < -0.39 is 0 Å². The van der Waals surface area contributed by atoms with Crippen LogP contribution in [0.25, 0.3) is 0 Å². The van der Waals surface area contributed by atoms with Crippen LogP contribution in [0.2, 0.25) is 0 Å².